The molecule has 0 fully saturated rings. The summed E-state index contributed by atoms with van der Waals surface area (Å²) in [4.78, 5) is 10.6. The number of thiophene rings is 1. The molecule has 0 aliphatic rings. The molecule has 2 aromatic heterocycles. The number of rotatable bonds is 6. The SMILES string of the molecule is Fc1ccc(CNc2nc(/C=C/c3ccccc3)nc3cc(-c4cccs4)ccc23)cc1F. The second-order valence-electron chi connectivity index (χ2n) is 7.49. The average Bonchev–Trinajstić information content (AvgIpc) is 3.39. The highest BCUT2D eigenvalue weighted by molar-refractivity contribution is 7.13. The van der Waals surface area contributed by atoms with Gasteiger partial charge in [0, 0.05) is 16.8 Å². The Labute approximate surface area is 194 Å². The summed E-state index contributed by atoms with van der Waals surface area (Å²) in [5.74, 6) is -0.535. The molecule has 0 atom stereocenters. The number of fused-ring (bicyclic) bond motifs is 1. The van der Waals surface area contributed by atoms with E-state index < -0.39 is 11.6 Å². The first-order valence-electron chi connectivity index (χ1n) is 10.4. The molecule has 0 unspecified atom stereocenters. The van der Waals surface area contributed by atoms with E-state index in [2.05, 4.69) is 16.4 Å². The van der Waals surface area contributed by atoms with Crippen LogP contribution in [-0.4, -0.2) is 9.97 Å². The second-order valence-corrected chi connectivity index (χ2v) is 8.43. The second kappa shape index (κ2) is 9.30. The molecule has 0 saturated heterocycles. The monoisotopic (exact) mass is 455 g/mol. The third kappa shape index (κ3) is 4.81. The van der Waals surface area contributed by atoms with Crippen molar-refractivity contribution in [3.05, 3.63) is 113 Å². The summed E-state index contributed by atoms with van der Waals surface area (Å²) in [5.41, 5.74) is 3.55. The molecule has 1 N–H and O–H groups in total. The molecule has 0 bridgehead atoms. The number of halogens is 2. The molecule has 5 aromatic rings. The van der Waals surface area contributed by atoms with Crippen LogP contribution in [0.4, 0.5) is 14.6 Å². The number of nitrogens with zero attached hydrogens (tertiary/aromatic N) is 2. The first-order chi connectivity index (χ1) is 16.2. The van der Waals surface area contributed by atoms with E-state index in [4.69, 9.17) is 4.98 Å². The highest BCUT2D eigenvalue weighted by atomic mass is 32.1. The van der Waals surface area contributed by atoms with E-state index in [1.54, 1.807) is 17.4 Å². The Hall–Kier alpha value is -3.90. The van der Waals surface area contributed by atoms with Gasteiger partial charge in [-0.1, -0.05) is 54.6 Å². The maximum Gasteiger partial charge on any atom is 0.159 e. The van der Waals surface area contributed by atoms with Crippen LogP contribution in [0.3, 0.4) is 0 Å². The molecule has 0 amide bonds. The molecule has 5 rings (SSSR count). The molecule has 3 aromatic carbocycles. The van der Waals surface area contributed by atoms with Crippen LogP contribution in [0.15, 0.2) is 84.2 Å². The maximum atomic E-state index is 13.6. The Morgan fingerprint density at radius 1 is 0.818 bits per heavy atom. The number of aromatic nitrogens is 2. The van der Waals surface area contributed by atoms with Crippen LogP contribution in [-0.2, 0) is 6.54 Å². The zero-order chi connectivity index (χ0) is 22.6. The number of benzene rings is 3. The van der Waals surface area contributed by atoms with Crippen LogP contribution >= 0.6 is 11.3 Å². The summed E-state index contributed by atoms with van der Waals surface area (Å²) in [6.45, 7) is 0.303. The molecular formula is C27H19F2N3S. The van der Waals surface area contributed by atoms with Gasteiger partial charge in [0.15, 0.2) is 17.5 Å². The van der Waals surface area contributed by atoms with Crippen LogP contribution in [0.25, 0.3) is 33.5 Å². The lowest BCUT2D eigenvalue weighted by atomic mass is 10.1. The van der Waals surface area contributed by atoms with Gasteiger partial charge in [0.2, 0.25) is 0 Å². The first-order valence-corrected chi connectivity index (χ1v) is 11.3. The Kier molecular flexibility index (Phi) is 5.91. The van der Waals surface area contributed by atoms with Gasteiger partial charge in [0.05, 0.1) is 5.52 Å². The zero-order valence-electron chi connectivity index (χ0n) is 17.5. The minimum Gasteiger partial charge on any atom is -0.365 e. The van der Waals surface area contributed by atoms with Crippen molar-refractivity contribution in [2.45, 2.75) is 6.54 Å². The van der Waals surface area contributed by atoms with Gasteiger partial charge in [-0.25, -0.2) is 18.7 Å². The van der Waals surface area contributed by atoms with Gasteiger partial charge in [-0.2, -0.15) is 0 Å². The van der Waals surface area contributed by atoms with Gasteiger partial charge >= 0.3 is 0 Å². The third-order valence-corrected chi connectivity index (χ3v) is 6.11. The lowest BCUT2D eigenvalue weighted by Crippen LogP contribution is -2.05. The molecule has 162 valence electrons. The summed E-state index contributed by atoms with van der Waals surface area (Å²) >= 11 is 1.67. The molecule has 2 heterocycles. The largest absolute Gasteiger partial charge is 0.365 e. The van der Waals surface area contributed by atoms with Gasteiger partial charge < -0.3 is 5.32 Å². The van der Waals surface area contributed by atoms with Crippen molar-refractivity contribution in [3.8, 4) is 10.4 Å². The number of nitrogens with one attached hydrogen (secondary N) is 1. The standard InChI is InChI=1S/C27H19F2N3S/c28-22-12-8-19(15-23(22)29)17-30-27-21-11-10-20(25-7-4-14-33-25)16-24(21)31-26(32-27)13-9-18-5-2-1-3-6-18/h1-16H,17H2,(H,30,31,32)/b13-9+. The highest BCUT2D eigenvalue weighted by Gasteiger charge is 2.10. The fourth-order valence-corrected chi connectivity index (χ4v) is 4.25. The number of anilines is 1. The first kappa shape index (κ1) is 21.0. The van der Waals surface area contributed by atoms with Gasteiger partial charge in [-0.05, 0) is 58.5 Å². The molecule has 0 saturated carbocycles. The Morgan fingerprint density at radius 3 is 2.48 bits per heavy atom. The molecule has 0 radical (unpaired) electrons. The van der Waals surface area contributed by atoms with Crippen molar-refractivity contribution in [3.63, 3.8) is 0 Å². The van der Waals surface area contributed by atoms with E-state index in [9.17, 15) is 8.78 Å². The van der Waals surface area contributed by atoms with Crippen molar-refractivity contribution in [2.75, 3.05) is 5.32 Å². The lowest BCUT2D eigenvalue weighted by Gasteiger charge is -2.11. The minimum absolute atomic E-state index is 0.303. The van der Waals surface area contributed by atoms with Crippen LogP contribution in [0.5, 0.6) is 0 Å². The van der Waals surface area contributed by atoms with Gasteiger partial charge in [0.1, 0.15) is 5.82 Å². The summed E-state index contributed by atoms with van der Waals surface area (Å²) < 4.78 is 26.9. The van der Waals surface area contributed by atoms with E-state index >= 15 is 0 Å². The van der Waals surface area contributed by atoms with Crippen molar-refractivity contribution in [1.29, 1.82) is 0 Å². The van der Waals surface area contributed by atoms with Crippen LogP contribution < -0.4 is 5.32 Å². The molecular weight excluding hydrogens is 436 g/mol. The van der Waals surface area contributed by atoms with Crippen molar-refractivity contribution in [2.24, 2.45) is 0 Å². The van der Waals surface area contributed by atoms with Crippen molar-refractivity contribution in [1.82, 2.24) is 9.97 Å². The van der Waals surface area contributed by atoms with Gasteiger partial charge in [-0.3, -0.25) is 0 Å². The smallest absolute Gasteiger partial charge is 0.159 e. The molecule has 6 heteroatoms. The van der Waals surface area contributed by atoms with Gasteiger partial charge in [-0.15, -0.1) is 11.3 Å². The maximum absolute atomic E-state index is 13.6. The quantitative estimate of drug-likeness (QED) is 0.289. The summed E-state index contributed by atoms with van der Waals surface area (Å²) in [5, 5.41) is 6.17. The zero-order valence-corrected chi connectivity index (χ0v) is 18.3. The predicted molar refractivity (Wildman–Crippen MR) is 132 cm³/mol. The third-order valence-electron chi connectivity index (χ3n) is 5.19. The Morgan fingerprint density at radius 2 is 1.70 bits per heavy atom. The van der Waals surface area contributed by atoms with E-state index in [0.29, 0.717) is 23.8 Å². The van der Waals surface area contributed by atoms with Gasteiger partial charge in [0.25, 0.3) is 0 Å². The topological polar surface area (TPSA) is 37.8 Å². The molecule has 0 aliphatic heterocycles. The molecule has 0 aliphatic carbocycles. The number of hydrogen-bond acceptors (Lipinski definition) is 4. The molecule has 0 spiro atoms. The summed E-state index contributed by atoms with van der Waals surface area (Å²) in [7, 11) is 0. The Balaban J connectivity index is 1.53. The van der Waals surface area contributed by atoms with Crippen LogP contribution in [0.1, 0.15) is 17.0 Å². The van der Waals surface area contributed by atoms with Crippen molar-refractivity contribution >= 4 is 40.2 Å². The fourth-order valence-electron chi connectivity index (χ4n) is 3.52. The van der Waals surface area contributed by atoms with E-state index in [-0.39, 0.29) is 0 Å². The predicted octanol–water partition coefficient (Wildman–Crippen LogP) is 7.42. The molecule has 3 nitrogen and oxygen atoms in total. The van der Waals surface area contributed by atoms with E-state index in [1.807, 2.05) is 72.1 Å². The lowest BCUT2D eigenvalue weighted by molar-refractivity contribution is 0.507. The van der Waals surface area contributed by atoms with Crippen LogP contribution in [0, 0.1) is 11.6 Å². The van der Waals surface area contributed by atoms with Crippen LogP contribution in [0.2, 0.25) is 0 Å². The average molecular weight is 456 g/mol. The van der Waals surface area contributed by atoms with E-state index in [1.165, 1.54) is 6.07 Å². The number of hydrogen-bond donors (Lipinski definition) is 1. The normalized spacial score (nSPS) is 11.3. The summed E-state index contributed by atoms with van der Waals surface area (Å²) in [6.07, 6.45) is 3.83. The highest BCUT2D eigenvalue weighted by Crippen LogP contribution is 2.30. The van der Waals surface area contributed by atoms with E-state index in [0.717, 1.165) is 33.0 Å². The van der Waals surface area contributed by atoms with Crippen molar-refractivity contribution < 1.29 is 8.78 Å². The fraction of sp³-hybridized carbons (Fsp3) is 0.0370. The molecule has 33 heavy (non-hydrogen) atoms. The summed E-state index contributed by atoms with van der Waals surface area (Å²) in [6, 6.07) is 24.0. The Bertz CT molecular complexity index is 1430. The minimum atomic E-state index is -0.867.